The van der Waals surface area contributed by atoms with Crippen molar-refractivity contribution >= 4 is 31.9 Å². The number of nitrogens with zero attached hydrogens (tertiary/aromatic N) is 1. The molecule has 0 saturated carbocycles. The highest BCUT2D eigenvalue weighted by Gasteiger charge is 2.14. The molecule has 0 amide bonds. The lowest BCUT2D eigenvalue weighted by Crippen LogP contribution is -2.30. The molecule has 0 radical (unpaired) electrons. The van der Waals surface area contributed by atoms with Gasteiger partial charge in [0.05, 0.1) is 6.04 Å². The van der Waals surface area contributed by atoms with Gasteiger partial charge in [0.1, 0.15) is 0 Å². The van der Waals surface area contributed by atoms with E-state index in [-0.39, 0.29) is 6.04 Å². The maximum absolute atomic E-state index is 5.68. The second-order valence-electron chi connectivity index (χ2n) is 4.42. The summed E-state index contributed by atoms with van der Waals surface area (Å²) < 4.78 is 2.04. The van der Waals surface area contributed by atoms with E-state index in [2.05, 4.69) is 67.4 Å². The lowest BCUT2D eigenvalue weighted by atomic mass is 10.0. The summed E-state index contributed by atoms with van der Waals surface area (Å²) in [6.07, 6.45) is 2.54. The van der Waals surface area contributed by atoms with Crippen molar-refractivity contribution in [1.82, 2.24) is 10.4 Å². The molecule has 0 aliphatic heterocycles. The predicted molar refractivity (Wildman–Crippen MR) is 84.6 cm³/mol. The quantitative estimate of drug-likeness (QED) is 0.624. The monoisotopic (exact) mass is 383 g/mol. The second-order valence-corrected chi connectivity index (χ2v) is 6.19. The van der Waals surface area contributed by atoms with Crippen molar-refractivity contribution in [2.45, 2.75) is 19.4 Å². The van der Waals surface area contributed by atoms with Crippen LogP contribution >= 0.6 is 31.9 Å². The third-order valence-electron chi connectivity index (χ3n) is 2.93. The van der Waals surface area contributed by atoms with Gasteiger partial charge in [0, 0.05) is 27.3 Å². The Labute approximate surface area is 129 Å². The van der Waals surface area contributed by atoms with Crippen molar-refractivity contribution in [2.75, 3.05) is 0 Å². The predicted octanol–water partition coefficient (Wildman–Crippen LogP) is 3.66. The molecule has 1 unspecified atom stereocenters. The van der Waals surface area contributed by atoms with Crippen LogP contribution in [0.1, 0.15) is 22.9 Å². The molecule has 3 nitrogen and oxygen atoms in total. The molecule has 5 heteroatoms. The number of rotatable bonds is 4. The molecule has 2 rings (SSSR count). The zero-order chi connectivity index (χ0) is 13.8. The highest BCUT2D eigenvalue weighted by atomic mass is 79.9. The highest BCUT2D eigenvalue weighted by Crippen LogP contribution is 2.26. The fraction of sp³-hybridized carbons (Fsp3) is 0.214. The van der Waals surface area contributed by atoms with Crippen LogP contribution in [0.4, 0.5) is 0 Å². The largest absolute Gasteiger partial charge is 0.271 e. The van der Waals surface area contributed by atoms with Crippen LogP contribution in [0.5, 0.6) is 0 Å². The first kappa shape index (κ1) is 14.7. The normalized spacial score (nSPS) is 12.4. The van der Waals surface area contributed by atoms with Crippen molar-refractivity contribution in [3.8, 4) is 0 Å². The van der Waals surface area contributed by atoms with E-state index in [4.69, 9.17) is 5.84 Å². The molecule has 1 aromatic heterocycles. The summed E-state index contributed by atoms with van der Waals surface area (Å²) in [5.74, 6) is 5.68. The number of aromatic nitrogens is 1. The highest BCUT2D eigenvalue weighted by molar-refractivity contribution is 9.10. The number of hydrogen-bond donors (Lipinski definition) is 2. The van der Waals surface area contributed by atoms with Gasteiger partial charge >= 0.3 is 0 Å². The molecular weight excluding hydrogens is 370 g/mol. The first-order chi connectivity index (χ1) is 9.10. The van der Waals surface area contributed by atoms with Crippen LogP contribution < -0.4 is 11.3 Å². The first-order valence-corrected chi connectivity index (χ1v) is 7.51. The zero-order valence-electron chi connectivity index (χ0n) is 10.5. The van der Waals surface area contributed by atoms with Crippen molar-refractivity contribution in [1.29, 1.82) is 0 Å². The number of nitrogens with two attached hydrogens (primary N) is 1. The Morgan fingerprint density at radius 3 is 2.63 bits per heavy atom. The van der Waals surface area contributed by atoms with Crippen molar-refractivity contribution < 1.29 is 0 Å². The van der Waals surface area contributed by atoms with Crippen LogP contribution in [0.15, 0.2) is 45.5 Å². The Morgan fingerprint density at radius 2 is 2.05 bits per heavy atom. The van der Waals surface area contributed by atoms with Gasteiger partial charge in [-0.2, -0.15) is 0 Å². The molecule has 2 aromatic rings. The maximum atomic E-state index is 5.68. The molecule has 19 heavy (non-hydrogen) atoms. The number of hydrazine groups is 1. The molecule has 3 N–H and O–H groups in total. The summed E-state index contributed by atoms with van der Waals surface area (Å²) >= 11 is 6.97. The van der Waals surface area contributed by atoms with E-state index in [1.54, 1.807) is 6.20 Å². The van der Waals surface area contributed by atoms with Gasteiger partial charge < -0.3 is 0 Å². The standard InChI is InChI=1S/C14H15Br2N3/c1-9-2-5-12(13(16)6-9)14(19-17)7-11-4-3-10(15)8-18-11/h2-6,8,14,19H,7,17H2,1H3. The third kappa shape index (κ3) is 3.86. The average molecular weight is 385 g/mol. The lowest BCUT2D eigenvalue weighted by Gasteiger charge is -2.18. The number of hydrogen-bond acceptors (Lipinski definition) is 3. The molecule has 1 aromatic carbocycles. The summed E-state index contributed by atoms with van der Waals surface area (Å²) in [4.78, 5) is 4.38. The fourth-order valence-electron chi connectivity index (χ4n) is 1.91. The van der Waals surface area contributed by atoms with E-state index in [1.807, 2.05) is 12.1 Å². The smallest absolute Gasteiger partial charge is 0.0526 e. The Bertz CT molecular complexity index is 555. The van der Waals surface area contributed by atoms with E-state index < -0.39 is 0 Å². The Morgan fingerprint density at radius 1 is 1.26 bits per heavy atom. The molecule has 0 saturated heterocycles. The van der Waals surface area contributed by atoms with E-state index in [0.717, 1.165) is 26.6 Å². The van der Waals surface area contributed by atoms with Crippen LogP contribution in [0.3, 0.4) is 0 Å². The second kappa shape index (κ2) is 6.61. The number of aryl methyl sites for hydroxylation is 1. The van der Waals surface area contributed by atoms with Gasteiger partial charge in [0.15, 0.2) is 0 Å². The summed E-state index contributed by atoms with van der Waals surface area (Å²) in [5, 5.41) is 0. The SMILES string of the molecule is Cc1ccc(C(Cc2ccc(Br)cn2)NN)c(Br)c1. The summed E-state index contributed by atoms with van der Waals surface area (Å²) in [5.41, 5.74) is 6.21. The van der Waals surface area contributed by atoms with Crippen LogP contribution in [0.2, 0.25) is 0 Å². The number of nitrogens with one attached hydrogen (secondary N) is 1. The van der Waals surface area contributed by atoms with Crippen molar-refractivity contribution in [3.05, 3.63) is 62.3 Å². The molecule has 1 heterocycles. The van der Waals surface area contributed by atoms with E-state index >= 15 is 0 Å². The summed E-state index contributed by atoms with van der Waals surface area (Å²) in [7, 11) is 0. The van der Waals surface area contributed by atoms with Crippen LogP contribution in [0, 0.1) is 6.92 Å². The van der Waals surface area contributed by atoms with E-state index in [9.17, 15) is 0 Å². The average Bonchev–Trinajstić information content (AvgIpc) is 2.39. The lowest BCUT2D eigenvalue weighted by molar-refractivity contribution is 0.544. The van der Waals surface area contributed by atoms with Crippen LogP contribution in [0.25, 0.3) is 0 Å². The zero-order valence-corrected chi connectivity index (χ0v) is 13.7. The summed E-state index contributed by atoms with van der Waals surface area (Å²) in [6.45, 7) is 2.07. The van der Waals surface area contributed by atoms with Crippen molar-refractivity contribution in [2.24, 2.45) is 5.84 Å². The number of benzene rings is 1. The topological polar surface area (TPSA) is 50.9 Å². The molecule has 100 valence electrons. The number of pyridine rings is 1. The van der Waals surface area contributed by atoms with Crippen LogP contribution in [-0.4, -0.2) is 4.98 Å². The molecule has 1 atom stereocenters. The van der Waals surface area contributed by atoms with Gasteiger partial charge in [-0.25, -0.2) is 0 Å². The number of halogens is 2. The molecule has 0 aliphatic rings. The molecule has 0 aliphatic carbocycles. The van der Waals surface area contributed by atoms with Gasteiger partial charge in [-0.15, -0.1) is 0 Å². The molecule has 0 fully saturated rings. The first-order valence-electron chi connectivity index (χ1n) is 5.92. The molecular formula is C14H15Br2N3. The third-order valence-corrected chi connectivity index (χ3v) is 4.09. The minimum atomic E-state index is 0.0312. The van der Waals surface area contributed by atoms with Gasteiger partial charge in [-0.1, -0.05) is 28.1 Å². The van der Waals surface area contributed by atoms with Gasteiger partial charge in [0.2, 0.25) is 0 Å². The minimum Gasteiger partial charge on any atom is -0.271 e. The van der Waals surface area contributed by atoms with Gasteiger partial charge in [-0.05, 0) is 52.2 Å². The van der Waals surface area contributed by atoms with Crippen molar-refractivity contribution in [3.63, 3.8) is 0 Å². The Balaban J connectivity index is 2.22. The Hall–Kier alpha value is -0.750. The molecule has 0 bridgehead atoms. The van der Waals surface area contributed by atoms with E-state index in [1.165, 1.54) is 5.56 Å². The summed E-state index contributed by atoms with van der Waals surface area (Å²) in [6, 6.07) is 10.3. The fourth-order valence-corrected chi connectivity index (χ4v) is 2.91. The maximum Gasteiger partial charge on any atom is 0.0526 e. The van der Waals surface area contributed by atoms with Gasteiger partial charge in [-0.3, -0.25) is 16.3 Å². The van der Waals surface area contributed by atoms with Gasteiger partial charge in [0.25, 0.3) is 0 Å². The van der Waals surface area contributed by atoms with Crippen LogP contribution in [-0.2, 0) is 6.42 Å². The van der Waals surface area contributed by atoms with E-state index in [0.29, 0.717) is 0 Å². The minimum absolute atomic E-state index is 0.0312. The Kier molecular flexibility index (Phi) is 5.10. The molecule has 0 spiro atoms.